The Kier molecular flexibility index (Phi) is 4.63. The molecule has 0 amide bonds. The molecule has 0 radical (unpaired) electrons. The zero-order valence-electron chi connectivity index (χ0n) is 9.90. The average Bonchev–Trinajstić information content (AvgIpc) is 2.21. The Labute approximate surface area is 92.5 Å². The summed E-state index contributed by atoms with van der Waals surface area (Å²) in [5.41, 5.74) is 1.25. The van der Waals surface area contributed by atoms with Crippen LogP contribution in [0.15, 0.2) is 24.3 Å². The van der Waals surface area contributed by atoms with Crippen LogP contribution >= 0.6 is 0 Å². The third-order valence-corrected chi connectivity index (χ3v) is 2.71. The van der Waals surface area contributed by atoms with Crippen molar-refractivity contribution in [3.63, 3.8) is 0 Å². The van der Waals surface area contributed by atoms with Crippen LogP contribution in [0.25, 0.3) is 0 Å². The van der Waals surface area contributed by atoms with E-state index in [1.165, 1.54) is 12.0 Å². The highest BCUT2D eigenvalue weighted by Crippen LogP contribution is 2.12. The van der Waals surface area contributed by atoms with E-state index < -0.39 is 0 Å². The van der Waals surface area contributed by atoms with Gasteiger partial charge in [0.2, 0.25) is 0 Å². The van der Waals surface area contributed by atoms with Gasteiger partial charge in [-0.3, -0.25) is 0 Å². The van der Waals surface area contributed by atoms with E-state index in [0.717, 1.165) is 19.0 Å². The van der Waals surface area contributed by atoms with Crippen molar-refractivity contribution >= 4 is 0 Å². The second-order valence-electron chi connectivity index (χ2n) is 4.38. The molecule has 1 aromatic rings. The molecule has 15 heavy (non-hydrogen) atoms. The average molecular weight is 207 g/mol. The Hall–Kier alpha value is -1.02. The maximum absolute atomic E-state index is 9.16. The standard InChI is InChI=1S/C13H21NO/c1-4-11(2)9-14(3)10-12-5-7-13(15)8-6-12/h5-8,11,15H,4,9-10H2,1-3H3. The van der Waals surface area contributed by atoms with Crippen molar-refractivity contribution in [1.29, 1.82) is 0 Å². The minimum Gasteiger partial charge on any atom is -0.508 e. The van der Waals surface area contributed by atoms with Gasteiger partial charge in [-0.2, -0.15) is 0 Å². The molecule has 2 nitrogen and oxygen atoms in total. The van der Waals surface area contributed by atoms with Gasteiger partial charge >= 0.3 is 0 Å². The predicted molar refractivity (Wildman–Crippen MR) is 63.9 cm³/mol. The van der Waals surface area contributed by atoms with Crippen LogP contribution in [0.4, 0.5) is 0 Å². The number of rotatable bonds is 5. The van der Waals surface area contributed by atoms with Gasteiger partial charge in [-0.25, -0.2) is 0 Å². The van der Waals surface area contributed by atoms with E-state index in [1.807, 2.05) is 12.1 Å². The van der Waals surface area contributed by atoms with Crippen molar-refractivity contribution in [2.45, 2.75) is 26.8 Å². The van der Waals surface area contributed by atoms with Gasteiger partial charge in [-0.1, -0.05) is 32.4 Å². The molecule has 1 N–H and O–H groups in total. The van der Waals surface area contributed by atoms with E-state index in [-0.39, 0.29) is 0 Å². The maximum atomic E-state index is 9.16. The summed E-state index contributed by atoms with van der Waals surface area (Å²) in [5.74, 6) is 1.08. The van der Waals surface area contributed by atoms with Gasteiger partial charge in [0.15, 0.2) is 0 Å². The smallest absolute Gasteiger partial charge is 0.115 e. The van der Waals surface area contributed by atoms with Gasteiger partial charge in [0, 0.05) is 13.1 Å². The molecule has 2 heteroatoms. The fourth-order valence-electron chi connectivity index (χ4n) is 1.64. The third kappa shape index (κ3) is 4.34. The molecule has 0 aliphatic carbocycles. The molecule has 1 aromatic carbocycles. The SMILES string of the molecule is CCC(C)CN(C)Cc1ccc(O)cc1. The quantitative estimate of drug-likeness (QED) is 0.802. The lowest BCUT2D eigenvalue weighted by molar-refractivity contribution is 0.275. The molecule has 1 rings (SSSR count). The predicted octanol–water partition coefficient (Wildman–Crippen LogP) is 2.87. The van der Waals surface area contributed by atoms with Gasteiger partial charge in [0.25, 0.3) is 0 Å². The van der Waals surface area contributed by atoms with Crippen LogP contribution < -0.4 is 0 Å². The van der Waals surface area contributed by atoms with Crippen molar-refractivity contribution in [2.24, 2.45) is 5.92 Å². The van der Waals surface area contributed by atoms with Gasteiger partial charge in [0.1, 0.15) is 5.75 Å². The summed E-state index contributed by atoms with van der Waals surface area (Å²) in [6.45, 7) is 6.56. The molecule has 0 fully saturated rings. The minimum absolute atomic E-state index is 0.336. The van der Waals surface area contributed by atoms with Crippen molar-refractivity contribution < 1.29 is 5.11 Å². The first kappa shape index (κ1) is 12.1. The summed E-state index contributed by atoms with van der Waals surface area (Å²) in [4.78, 5) is 2.32. The molecule has 0 aliphatic heterocycles. The normalized spacial score (nSPS) is 13.1. The summed E-state index contributed by atoms with van der Waals surface area (Å²) in [5, 5.41) is 9.16. The van der Waals surface area contributed by atoms with Crippen LogP contribution in [0.3, 0.4) is 0 Å². The topological polar surface area (TPSA) is 23.5 Å². The number of hydrogen-bond donors (Lipinski definition) is 1. The maximum Gasteiger partial charge on any atom is 0.115 e. The highest BCUT2D eigenvalue weighted by Gasteiger charge is 2.04. The number of hydrogen-bond acceptors (Lipinski definition) is 2. The highest BCUT2D eigenvalue weighted by atomic mass is 16.3. The molecule has 0 aromatic heterocycles. The summed E-state index contributed by atoms with van der Waals surface area (Å²) < 4.78 is 0. The van der Waals surface area contributed by atoms with E-state index in [2.05, 4.69) is 25.8 Å². The fourth-order valence-corrected chi connectivity index (χ4v) is 1.64. The van der Waals surface area contributed by atoms with Gasteiger partial charge in [-0.05, 0) is 30.7 Å². The second-order valence-corrected chi connectivity index (χ2v) is 4.38. The van der Waals surface area contributed by atoms with Crippen LogP contribution in [0.2, 0.25) is 0 Å². The first-order valence-electron chi connectivity index (χ1n) is 5.58. The molecular weight excluding hydrogens is 186 g/mol. The Morgan fingerprint density at radius 2 is 1.87 bits per heavy atom. The zero-order valence-corrected chi connectivity index (χ0v) is 9.90. The van der Waals surface area contributed by atoms with E-state index in [9.17, 15) is 0 Å². The van der Waals surface area contributed by atoms with Crippen molar-refractivity contribution in [3.8, 4) is 5.75 Å². The van der Waals surface area contributed by atoms with E-state index in [0.29, 0.717) is 5.75 Å². The first-order valence-corrected chi connectivity index (χ1v) is 5.58. The van der Waals surface area contributed by atoms with Gasteiger partial charge in [-0.15, -0.1) is 0 Å². The lowest BCUT2D eigenvalue weighted by Gasteiger charge is -2.20. The molecule has 0 saturated heterocycles. The van der Waals surface area contributed by atoms with Crippen molar-refractivity contribution in [1.82, 2.24) is 4.90 Å². The molecule has 0 heterocycles. The Balaban J connectivity index is 2.44. The molecule has 1 atom stereocenters. The number of aromatic hydroxyl groups is 1. The molecule has 84 valence electrons. The number of benzene rings is 1. The first-order chi connectivity index (χ1) is 7.11. The summed E-state index contributed by atoms with van der Waals surface area (Å²) in [6, 6.07) is 7.43. The molecular formula is C13H21NO. The van der Waals surface area contributed by atoms with Crippen LogP contribution in [-0.2, 0) is 6.54 Å². The van der Waals surface area contributed by atoms with Gasteiger partial charge in [0.05, 0.1) is 0 Å². The fraction of sp³-hybridized carbons (Fsp3) is 0.538. The lowest BCUT2D eigenvalue weighted by Crippen LogP contribution is -2.23. The minimum atomic E-state index is 0.336. The summed E-state index contributed by atoms with van der Waals surface area (Å²) in [6.07, 6.45) is 1.22. The van der Waals surface area contributed by atoms with E-state index >= 15 is 0 Å². The highest BCUT2D eigenvalue weighted by molar-refractivity contribution is 5.25. The molecule has 0 spiro atoms. The van der Waals surface area contributed by atoms with Crippen molar-refractivity contribution in [2.75, 3.05) is 13.6 Å². The molecule has 1 unspecified atom stereocenters. The molecule has 0 bridgehead atoms. The van der Waals surface area contributed by atoms with Gasteiger partial charge < -0.3 is 10.0 Å². The number of phenolic OH excluding ortho intramolecular Hbond substituents is 1. The Morgan fingerprint density at radius 1 is 1.27 bits per heavy atom. The molecule has 0 saturated carbocycles. The monoisotopic (exact) mass is 207 g/mol. The number of phenols is 1. The third-order valence-electron chi connectivity index (χ3n) is 2.71. The number of nitrogens with zero attached hydrogens (tertiary/aromatic N) is 1. The molecule has 0 aliphatic rings. The van der Waals surface area contributed by atoms with Crippen LogP contribution in [0, 0.1) is 5.92 Å². The lowest BCUT2D eigenvalue weighted by atomic mass is 10.1. The van der Waals surface area contributed by atoms with Crippen LogP contribution in [0.5, 0.6) is 5.75 Å². The summed E-state index contributed by atoms with van der Waals surface area (Å²) >= 11 is 0. The van der Waals surface area contributed by atoms with E-state index in [1.54, 1.807) is 12.1 Å². The summed E-state index contributed by atoms with van der Waals surface area (Å²) in [7, 11) is 2.14. The Morgan fingerprint density at radius 3 is 2.40 bits per heavy atom. The van der Waals surface area contributed by atoms with Crippen LogP contribution in [0.1, 0.15) is 25.8 Å². The van der Waals surface area contributed by atoms with Crippen molar-refractivity contribution in [3.05, 3.63) is 29.8 Å². The Bertz CT molecular complexity index is 281. The zero-order chi connectivity index (χ0) is 11.3. The second kappa shape index (κ2) is 5.76. The van der Waals surface area contributed by atoms with E-state index in [4.69, 9.17) is 5.11 Å². The largest absolute Gasteiger partial charge is 0.508 e. The van der Waals surface area contributed by atoms with Crippen LogP contribution in [-0.4, -0.2) is 23.6 Å².